The molecule has 3 aliphatic rings. The zero-order chi connectivity index (χ0) is 10.3. The Morgan fingerprint density at radius 3 is 2.73 bits per heavy atom. The van der Waals surface area contributed by atoms with E-state index in [0.29, 0.717) is 0 Å². The molecule has 1 heteroatoms. The first-order chi connectivity index (χ1) is 7.31. The summed E-state index contributed by atoms with van der Waals surface area (Å²) >= 11 is 0. The molecule has 0 aromatic heterocycles. The Balaban J connectivity index is 1.40. The lowest BCUT2D eigenvalue weighted by atomic mass is 9.93. The first-order valence-corrected chi connectivity index (χ1v) is 6.73. The molecule has 0 aliphatic heterocycles. The summed E-state index contributed by atoms with van der Waals surface area (Å²) in [5.41, 5.74) is 0. The third-order valence-corrected chi connectivity index (χ3v) is 4.53. The fraction of sp³-hybridized carbons (Fsp3) is 0.857. The summed E-state index contributed by atoms with van der Waals surface area (Å²) in [6.45, 7) is 3.63. The normalized spacial score (nSPS) is 39.9. The molecule has 4 atom stereocenters. The molecule has 3 rings (SSSR count). The van der Waals surface area contributed by atoms with Crippen LogP contribution in [0.4, 0.5) is 0 Å². The summed E-state index contributed by atoms with van der Waals surface area (Å²) in [6, 6.07) is 0.751. The van der Waals surface area contributed by atoms with Gasteiger partial charge >= 0.3 is 0 Å². The maximum atomic E-state index is 3.75. The molecule has 0 aromatic carbocycles. The summed E-state index contributed by atoms with van der Waals surface area (Å²) in [7, 11) is 0. The molecule has 3 aliphatic carbocycles. The van der Waals surface area contributed by atoms with Crippen molar-refractivity contribution in [2.45, 2.75) is 45.1 Å². The highest BCUT2D eigenvalue weighted by Crippen LogP contribution is 2.43. The van der Waals surface area contributed by atoms with Crippen molar-refractivity contribution in [3.05, 3.63) is 12.2 Å². The largest absolute Gasteiger partial charge is 0.314 e. The van der Waals surface area contributed by atoms with Crippen LogP contribution in [0.1, 0.15) is 39.0 Å². The Kier molecular flexibility index (Phi) is 2.59. The van der Waals surface area contributed by atoms with Gasteiger partial charge in [-0.25, -0.2) is 0 Å². The SMILES string of the molecule is CC(CC1CC1)NCC1CC2C=CC1C2. The lowest BCUT2D eigenvalue weighted by Gasteiger charge is -2.21. The summed E-state index contributed by atoms with van der Waals surface area (Å²) in [5.74, 6) is 3.85. The van der Waals surface area contributed by atoms with E-state index >= 15 is 0 Å². The maximum absolute atomic E-state index is 3.75. The molecule has 0 heterocycles. The smallest absolute Gasteiger partial charge is 0.00414 e. The molecule has 15 heavy (non-hydrogen) atoms. The van der Waals surface area contributed by atoms with Gasteiger partial charge in [-0.2, -0.15) is 0 Å². The second kappa shape index (κ2) is 3.93. The topological polar surface area (TPSA) is 12.0 Å². The highest BCUT2D eigenvalue weighted by molar-refractivity contribution is 5.10. The van der Waals surface area contributed by atoms with Crippen molar-refractivity contribution in [1.82, 2.24) is 5.32 Å². The van der Waals surface area contributed by atoms with Crippen LogP contribution in [0.25, 0.3) is 0 Å². The second-order valence-corrected chi connectivity index (χ2v) is 6.03. The van der Waals surface area contributed by atoms with Gasteiger partial charge < -0.3 is 5.32 Å². The summed E-state index contributed by atoms with van der Waals surface area (Å²) in [4.78, 5) is 0. The summed E-state index contributed by atoms with van der Waals surface area (Å²) in [5, 5.41) is 3.75. The fourth-order valence-electron chi connectivity index (χ4n) is 3.42. The molecule has 4 unspecified atom stereocenters. The Morgan fingerprint density at radius 1 is 1.27 bits per heavy atom. The van der Waals surface area contributed by atoms with Gasteiger partial charge in [-0.3, -0.25) is 0 Å². The van der Waals surface area contributed by atoms with Crippen LogP contribution in [-0.2, 0) is 0 Å². The van der Waals surface area contributed by atoms with Crippen molar-refractivity contribution in [2.24, 2.45) is 23.7 Å². The fourth-order valence-corrected chi connectivity index (χ4v) is 3.42. The Labute approximate surface area is 93.3 Å². The average Bonchev–Trinajstić information content (AvgIpc) is 2.80. The van der Waals surface area contributed by atoms with E-state index in [1.54, 1.807) is 0 Å². The van der Waals surface area contributed by atoms with Crippen molar-refractivity contribution in [3.8, 4) is 0 Å². The number of rotatable bonds is 5. The van der Waals surface area contributed by atoms with Gasteiger partial charge in [-0.05, 0) is 56.4 Å². The third kappa shape index (κ3) is 2.28. The predicted octanol–water partition coefficient (Wildman–Crippen LogP) is 2.98. The van der Waals surface area contributed by atoms with Crippen LogP contribution < -0.4 is 5.32 Å². The molecule has 0 saturated heterocycles. The lowest BCUT2D eigenvalue weighted by Crippen LogP contribution is -2.32. The number of fused-ring (bicyclic) bond motifs is 2. The van der Waals surface area contributed by atoms with E-state index < -0.39 is 0 Å². The molecule has 1 N–H and O–H groups in total. The zero-order valence-corrected chi connectivity index (χ0v) is 9.78. The minimum absolute atomic E-state index is 0.751. The van der Waals surface area contributed by atoms with Gasteiger partial charge in [0.25, 0.3) is 0 Å². The molecule has 2 fully saturated rings. The van der Waals surface area contributed by atoms with Crippen molar-refractivity contribution in [1.29, 1.82) is 0 Å². The molecular weight excluding hydrogens is 182 g/mol. The monoisotopic (exact) mass is 205 g/mol. The molecule has 0 radical (unpaired) electrons. The Hall–Kier alpha value is -0.300. The van der Waals surface area contributed by atoms with Crippen LogP contribution in [0.2, 0.25) is 0 Å². The van der Waals surface area contributed by atoms with Crippen LogP contribution in [0.3, 0.4) is 0 Å². The molecule has 2 bridgehead atoms. The average molecular weight is 205 g/mol. The van der Waals surface area contributed by atoms with Gasteiger partial charge in [0.2, 0.25) is 0 Å². The predicted molar refractivity (Wildman–Crippen MR) is 63.6 cm³/mol. The molecule has 0 amide bonds. The first-order valence-electron chi connectivity index (χ1n) is 6.73. The second-order valence-electron chi connectivity index (χ2n) is 6.03. The van der Waals surface area contributed by atoms with E-state index in [2.05, 4.69) is 24.4 Å². The standard InChI is InChI=1S/C14H23N/c1-10(6-11-2-3-11)15-9-14-8-12-4-5-13(14)7-12/h4-5,10-15H,2-3,6-9H2,1H3. The van der Waals surface area contributed by atoms with Crippen LogP contribution in [0.15, 0.2) is 12.2 Å². The number of hydrogen-bond donors (Lipinski definition) is 1. The minimum atomic E-state index is 0.751. The molecule has 1 nitrogen and oxygen atoms in total. The van der Waals surface area contributed by atoms with Crippen LogP contribution in [0, 0.1) is 23.7 Å². The maximum Gasteiger partial charge on any atom is 0.00414 e. The van der Waals surface area contributed by atoms with Gasteiger partial charge in [0.15, 0.2) is 0 Å². The highest BCUT2D eigenvalue weighted by atomic mass is 14.9. The third-order valence-electron chi connectivity index (χ3n) is 4.53. The number of allylic oxidation sites excluding steroid dienone is 2. The van der Waals surface area contributed by atoms with Crippen molar-refractivity contribution in [2.75, 3.05) is 6.54 Å². The van der Waals surface area contributed by atoms with E-state index in [-0.39, 0.29) is 0 Å². The van der Waals surface area contributed by atoms with Crippen molar-refractivity contribution in [3.63, 3.8) is 0 Å². The molecule has 2 saturated carbocycles. The van der Waals surface area contributed by atoms with Gasteiger partial charge in [0.05, 0.1) is 0 Å². The lowest BCUT2D eigenvalue weighted by molar-refractivity contribution is 0.376. The highest BCUT2D eigenvalue weighted by Gasteiger charge is 2.35. The number of hydrogen-bond acceptors (Lipinski definition) is 1. The van der Waals surface area contributed by atoms with Gasteiger partial charge in [0.1, 0.15) is 0 Å². The van der Waals surface area contributed by atoms with E-state index in [9.17, 15) is 0 Å². The summed E-state index contributed by atoms with van der Waals surface area (Å²) in [6.07, 6.45) is 12.2. The Bertz CT molecular complexity index is 254. The van der Waals surface area contributed by atoms with E-state index in [1.807, 2.05) is 0 Å². The molecule has 0 aromatic rings. The first kappa shape index (κ1) is 9.89. The Morgan fingerprint density at radius 2 is 2.13 bits per heavy atom. The quantitative estimate of drug-likeness (QED) is 0.680. The van der Waals surface area contributed by atoms with Crippen molar-refractivity contribution >= 4 is 0 Å². The van der Waals surface area contributed by atoms with E-state index in [1.165, 1.54) is 38.6 Å². The molecule has 84 valence electrons. The van der Waals surface area contributed by atoms with E-state index in [4.69, 9.17) is 0 Å². The molecular formula is C14H23N. The van der Waals surface area contributed by atoms with Gasteiger partial charge in [0, 0.05) is 6.04 Å². The van der Waals surface area contributed by atoms with Gasteiger partial charge in [-0.1, -0.05) is 25.0 Å². The number of nitrogens with one attached hydrogen (secondary N) is 1. The van der Waals surface area contributed by atoms with Crippen molar-refractivity contribution < 1.29 is 0 Å². The zero-order valence-electron chi connectivity index (χ0n) is 9.78. The van der Waals surface area contributed by atoms with Crippen LogP contribution >= 0.6 is 0 Å². The minimum Gasteiger partial charge on any atom is -0.314 e. The van der Waals surface area contributed by atoms with E-state index in [0.717, 1.165) is 29.7 Å². The van der Waals surface area contributed by atoms with Crippen LogP contribution in [-0.4, -0.2) is 12.6 Å². The summed E-state index contributed by atoms with van der Waals surface area (Å²) < 4.78 is 0. The van der Waals surface area contributed by atoms with Gasteiger partial charge in [-0.15, -0.1) is 0 Å². The van der Waals surface area contributed by atoms with Crippen LogP contribution in [0.5, 0.6) is 0 Å². The molecule has 0 spiro atoms.